The molecule has 1 aliphatic heterocycles. The third-order valence-electron chi connectivity index (χ3n) is 4.34. The molecule has 26 heavy (non-hydrogen) atoms. The van der Waals surface area contributed by atoms with Crippen molar-refractivity contribution in [1.82, 2.24) is 15.5 Å². The lowest BCUT2D eigenvalue weighted by Crippen LogP contribution is -2.41. The zero-order chi connectivity index (χ0) is 17.2. The van der Waals surface area contributed by atoms with E-state index >= 15 is 0 Å². The Morgan fingerprint density at radius 1 is 0.923 bits per heavy atom. The van der Waals surface area contributed by atoms with Crippen LogP contribution >= 0.6 is 24.0 Å². The van der Waals surface area contributed by atoms with Crippen LogP contribution in [0.2, 0.25) is 0 Å². The highest BCUT2D eigenvalue weighted by Gasteiger charge is 2.08. The first-order chi connectivity index (χ1) is 12.4. The van der Waals surface area contributed by atoms with Crippen molar-refractivity contribution >= 4 is 29.9 Å². The van der Waals surface area contributed by atoms with Gasteiger partial charge < -0.3 is 10.6 Å². The molecule has 1 heterocycles. The third-order valence-corrected chi connectivity index (χ3v) is 4.34. The van der Waals surface area contributed by atoms with E-state index in [-0.39, 0.29) is 24.0 Å². The number of nitrogens with one attached hydrogen (secondary N) is 2. The molecule has 0 saturated carbocycles. The molecule has 0 aliphatic carbocycles. The van der Waals surface area contributed by atoms with Gasteiger partial charge in [-0.1, -0.05) is 60.7 Å². The van der Waals surface area contributed by atoms with E-state index in [1.165, 1.54) is 11.1 Å². The molecule has 4 nitrogen and oxygen atoms in total. The normalized spacial score (nSPS) is 13.5. The fourth-order valence-corrected chi connectivity index (χ4v) is 3.06. The minimum Gasteiger partial charge on any atom is -0.356 e. The largest absolute Gasteiger partial charge is 0.356 e. The first-order valence-electron chi connectivity index (χ1n) is 9.22. The van der Waals surface area contributed by atoms with Crippen LogP contribution in [0, 0.1) is 0 Å². The van der Waals surface area contributed by atoms with Crippen LogP contribution in [0.3, 0.4) is 0 Å². The predicted molar refractivity (Wildman–Crippen MR) is 120 cm³/mol. The average Bonchev–Trinajstić information content (AvgIpc) is 2.67. The van der Waals surface area contributed by atoms with Crippen LogP contribution in [0.25, 0.3) is 0 Å². The predicted octanol–water partition coefficient (Wildman–Crippen LogP) is 3.64. The Bertz CT molecular complexity index is 604. The Hall–Kier alpha value is -1.60. The van der Waals surface area contributed by atoms with Crippen LogP contribution in [-0.4, -0.2) is 37.0 Å². The first-order valence-corrected chi connectivity index (χ1v) is 9.22. The van der Waals surface area contributed by atoms with Crippen molar-refractivity contribution in [2.45, 2.75) is 25.9 Å². The number of hydrogen-bond donors (Lipinski definition) is 2. The van der Waals surface area contributed by atoms with Crippen LogP contribution < -0.4 is 10.6 Å². The minimum absolute atomic E-state index is 0. The van der Waals surface area contributed by atoms with E-state index in [9.17, 15) is 0 Å². The Balaban J connectivity index is 0.00000243. The van der Waals surface area contributed by atoms with Gasteiger partial charge in [0, 0.05) is 39.3 Å². The average molecular weight is 464 g/mol. The van der Waals surface area contributed by atoms with Crippen molar-refractivity contribution in [3.8, 4) is 0 Å². The van der Waals surface area contributed by atoms with Gasteiger partial charge in [-0.25, -0.2) is 0 Å². The van der Waals surface area contributed by atoms with E-state index in [1.807, 2.05) is 0 Å². The molecule has 5 heteroatoms. The first kappa shape index (κ1) is 20.7. The third kappa shape index (κ3) is 7.33. The van der Waals surface area contributed by atoms with E-state index in [4.69, 9.17) is 0 Å². The SMILES string of the molecule is I.c1ccc(CN(CCCNC2=NCCCN2)Cc2ccccc2)cc1. The molecule has 2 aromatic rings. The van der Waals surface area contributed by atoms with Gasteiger partial charge in [0.25, 0.3) is 0 Å². The molecule has 0 atom stereocenters. The van der Waals surface area contributed by atoms with Gasteiger partial charge in [0.2, 0.25) is 0 Å². The molecule has 0 spiro atoms. The number of nitrogens with zero attached hydrogens (tertiary/aromatic N) is 2. The van der Waals surface area contributed by atoms with Crippen LogP contribution in [0.1, 0.15) is 24.0 Å². The quantitative estimate of drug-likeness (QED) is 0.463. The van der Waals surface area contributed by atoms with Crippen LogP contribution in [0.5, 0.6) is 0 Å². The molecule has 3 rings (SSSR count). The molecule has 0 aromatic heterocycles. The van der Waals surface area contributed by atoms with Gasteiger partial charge in [-0.3, -0.25) is 9.89 Å². The summed E-state index contributed by atoms with van der Waals surface area (Å²) in [4.78, 5) is 6.98. The highest BCUT2D eigenvalue weighted by molar-refractivity contribution is 14.0. The summed E-state index contributed by atoms with van der Waals surface area (Å²) < 4.78 is 0. The second kappa shape index (κ2) is 11.9. The number of benzene rings is 2. The summed E-state index contributed by atoms with van der Waals surface area (Å²) >= 11 is 0. The number of aliphatic imine (C=N–C) groups is 1. The summed E-state index contributed by atoms with van der Waals surface area (Å²) in [5, 5.41) is 6.73. The van der Waals surface area contributed by atoms with E-state index in [2.05, 4.69) is 81.2 Å². The molecular formula is C21H29IN4. The fraction of sp³-hybridized carbons (Fsp3) is 0.381. The van der Waals surface area contributed by atoms with Crippen molar-refractivity contribution < 1.29 is 0 Å². The smallest absolute Gasteiger partial charge is 0.191 e. The van der Waals surface area contributed by atoms with E-state index in [0.717, 1.165) is 58.1 Å². The summed E-state index contributed by atoms with van der Waals surface area (Å²) in [6, 6.07) is 21.4. The second-order valence-corrected chi connectivity index (χ2v) is 6.47. The topological polar surface area (TPSA) is 39.7 Å². The van der Waals surface area contributed by atoms with Crippen molar-refractivity contribution in [2.24, 2.45) is 4.99 Å². The molecule has 140 valence electrons. The maximum atomic E-state index is 4.46. The standard InChI is InChI=1S/C21H28N4.HI/c1-3-9-19(10-4-1)17-25(18-20-11-5-2-6-12-20)16-8-15-24-21-22-13-7-14-23-21;/h1-6,9-12H,7-8,13-18H2,(H2,22,23,24);1H. The van der Waals surface area contributed by atoms with E-state index in [0.29, 0.717) is 0 Å². The number of hydrogen-bond acceptors (Lipinski definition) is 4. The molecular weight excluding hydrogens is 435 g/mol. The Kier molecular flexibility index (Phi) is 9.48. The lowest BCUT2D eigenvalue weighted by atomic mass is 10.1. The monoisotopic (exact) mass is 464 g/mol. The van der Waals surface area contributed by atoms with Crippen molar-refractivity contribution in [2.75, 3.05) is 26.2 Å². The van der Waals surface area contributed by atoms with Crippen LogP contribution in [0.4, 0.5) is 0 Å². The summed E-state index contributed by atoms with van der Waals surface area (Å²) in [7, 11) is 0. The summed E-state index contributed by atoms with van der Waals surface area (Å²) in [6.45, 7) is 5.93. The van der Waals surface area contributed by atoms with Crippen molar-refractivity contribution in [3.63, 3.8) is 0 Å². The highest BCUT2D eigenvalue weighted by Crippen LogP contribution is 2.10. The molecule has 0 radical (unpaired) electrons. The lowest BCUT2D eigenvalue weighted by molar-refractivity contribution is 0.254. The Labute approximate surface area is 174 Å². The molecule has 2 aromatic carbocycles. The molecule has 0 saturated heterocycles. The van der Waals surface area contributed by atoms with Crippen molar-refractivity contribution in [3.05, 3.63) is 71.8 Å². The van der Waals surface area contributed by atoms with Gasteiger partial charge in [-0.05, 0) is 24.0 Å². The molecule has 0 fully saturated rings. The van der Waals surface area contributed by atoms with Gasteiger partial charge in [0.05, 0.1) is 0 Å². The van der Waals surface area contributed by atoms with E-state index < -0.39 is 0 Å². The van der Waals surface area contributed by atoms with Gasteiger partial charge in [0.1, 0.15) is 0 Å². The summed E-state index contributed by atoms with van der Waals surface area (Å²) in [5.74, 6) is 0.962. The van der Waals surface area contributed by atoms with Crippen LogP contribution in [-0.2, 0) is 13.1 Å². The highest BCUT2D eigenvalue weighted by atomic mass is 127. The van der Waals surface area contributed by atoms with Gasteiger partial charge in [-0.15, -0.1) is 24.0 Å². The van der Waals surface area contributed by atoms with Gasteiger partial charge >= 0.3 is 0 Å². The second-order valence-electron chi connectivity index (χ2n) is 6.47. The number of rotatable bonds is 8. The zero-order valence-electron chi connectivity index (χ0n) is 15.2. The molecule has 2 N–H and O–H groups in total. The molecule has 0 unspecified atom stereocenters. The van der Waals surface area contributed by atoms with Gasteiger partial charge in [0.15, 0.2) is 5.96 Å². The maximum Gasteiger partial charge on any atom is 0.191 e. The molecule has 1 aliphatic rings. The summed E-state index contributed by atoms with van der Waals surface area (Å²) in [5.41, 5.74) is 2.73. The fourth-order valence-electron chi connectivity index (χ4n) is 3.06. The van der Waals surface area contributed by atoms with Crippen molar-refractivity contribution in [1.29, 1.82) is 0 Å². The molecule has 0 amide bonds. The number of guanidine groups is 1. The van der Waals surface area contributed by atoms with Gasteiger partial charge in [-0.2, -0.15) is 0 Å². The Morgan fingerprint density at radius 3 is 2.08 bits per heavy atom. The zero-order valence-corrected chi connectivity index (χ0v) is 17.6. The molecule has 0 bridgehead atoms. The van der Waals surface area contributed by atoms with E-state index in [1.54, 1.807) is 0 Å². The summed E-state index contributed by atoms with van der Waals surface area (Å²) in [6.07, 6.45) is 2.23. The maximum absolute atomic E-state index is 4.46. The van der Waals surface area contributed by atoms with Crippen LogP contribution in [0.15, 0.2) is 65.7 Å². The Morgan fingerprint density at radius 2 is 1.54 bits per heavy atom. The lowest BCUT2D eigenvalue weighted by Gasteiger charge is -2.23. The minimum atomic E-state index is 0. The number of halogens is 1.